The van der Waals surface area contributed by atoms with E-state index in [4.69, 9.17) is 11.6 Å². The fraction of sp³-hybridized carbons (Fsp3) is 0.333. The summed E-state index contributed by atoms with van der Waals surface area (Å²) < 4.78 is 0. The Labute approximate surface area is 164 Å². The third-order valence-electron chi connectivity index (χ3n) is 5.40. The van der Waals surface area contributed by atoms with E-state index in [1.165, 1.54) is 10.5 Å². The third-order valence-corrected chi connectivity index (χ3v) is 5.64. The van der Waals surface area contributed by atoms with Crippen LogP contribution in [0, 0.1) is 6.92 Å². The quantitative estimate of drug-likeness (QED) is 0.764. The Balaban J connectivity index is 1.45. The Morgan fingerprint density at radius 2 is 1.67 bits per heavy atom. The summed E-state index contributed by atoms with van der Waals surface area (Å²) >= 11 is 6.15. The number of benzene rings is 2. The highest BCUT2D eigenvalue weighted by Gasteiger charge is 2.43. The van der Waals surface area contributed by atoms with Gasteiger partial charge in [-0.1, -0.05) is 35.9 Å². The SMILES string of the molecule is Cc1ccc(Cl)cc1N1CCN([C@H]2CC(=O)N(c3ccccc3)C2=O)CC1. The zero-order valence-electron chi connectivity index (χ0n) is 15.3. The number of amides is 2. The average Bonchev–Trinajstić information content (AvgIpc) is 2.99. The molecule has 2 fully saturated rings. The summed E-state index contributed by atoms with van der Waals surface area (Å²) in [4.78, 5) is 31.1. The molecule has 2 aromatic rings. The van der Waals surface area contributed by atoms with E-state index in [1.807, 2.05) is 36.4 Å². The molecule has 4 rings (SSSR count). The van der Waals surface area contributed by atoms with Gasteiger partial charge in [0.15, 0.2) is 0 Å². The van der Waals surface area contributed by atoms with Crippen LogP contribution >= 0.6 is 11.6 Å². The summed E-state index contributed by atoms with van der Waals surface area (Å²) in [7, 11) is 0. The first-order valence-corrected chi connectivity index (χ1v) is 9.59. The van der Waals surface area contributed by atoms with Gasteiger partial charge in [0.25, 0.3) is 5.91 Å². The second-order valence-corrected chi connectivity index (χ2v) is 7.51. The zero-order chi connectivity index (χ0) is 19.0. The van der Waals surface area contributed by atoms with E-state index in [0.717, 1.165) is 36.9 Å². The molecule has 0 saturated carbocycles. The highest BCUT2D eigenvalue weighted by atomic mass is 35.5. The van der Waals surface area contributed by atoms with Gasteiger partial charge in [0.1, 0.15) is 0 Å². The number of imide groups is 1. The lowest BCUT2D eigenvalue weighted by molar-refractivity contribution is -0.123. The lowest BCUT2D eigenvalue weighted by Crippen LogP contribution is -2.52. The van der Waals surface area contributed by atoms with Crippen molar-refractivity contribution in [3.63, 3.8) is 0 Å². The fourth-order valence-electron chi connectivity index (χ4n) is 3.95. The Morgan fingerprint density at radius 1 is 0.963 bits per heavy atom. The Morgan fingerprint density at radius 3 is 2.37 bits per heavy atom. The number of carbonyl (C=O) groups excluding carboxylic acids is 2. The standard InChI is InChI=1S/C21H22ClN3O2/c1-15-7-8-16(22)13-18(15)23-9-11-24(12-10-23)19-14-20(26)25(21(19)27)17-5-3-2-4-6-17/h2-8,13,19H,9-12,14H2,1H3/t19-/m0/s1. The highest BCUT2D eigenvalue weighted by molar-refractivity contribution is 6.30. The van der Waals surface area contributed by atoms with Crippen molar-refractivity contribution >= 4 is 34.8 Å². The summed E-state index contributed by atoms with van der Waals surface area (Å²) in [5, 5.41) is 0.730. The van der Waals surface area contributed by atoms with Crippen LogP contribution in [0.5, 0.6) is 0 Å². The number of hydrogen-bond donors (Lipinski definition) is 0. The molecule has 0 spiro atoms. The molecule has 0 unspecified atom stereocenters. The van der Waals surface area contributed by atoms with E-state index in [1.54, 1.807) is 12.1 Å². The molecular formula is C21H22ClN3O2. The Kier molecular flexibility index (Phi) is 4.89. The summed E-state index contributed by atoms with van der Waals surface area (Å²) in [5.41, 5.74) is 2.99. The first-order chi connectivity index (χ1) is 13.0. The second kappa shape index (κ2) is 7.33. The number of hydrogen-bond acceptors (Lipinski definition) is 4. The van der Waals surface area contributed by atoms with Crippen molar-refractivity contribution in [3.8, 4) is 0 Å². The van der Waals surface area contributed by atoms with Crippen molar-refractivity contribution in [1.82, 2.24) is 4.90 Å². The van der Waals surface area contributed by atoms with Crippen LogP contribution in [0.1, 0.15) is 12.0 Å². The molecule has 0 N–H and O–H groups in total. The van der Waals surface area contributed by atoms with Crippen LogP contribution in [0.15, 0.2) is 48.5 Å². The van der Waals surface area contributed by atoms with Crippen LogP contribution < -0.4 is 9.80 Å². The van der Waals surface area contributed by atoms with E-state index in [2.05, 4.69) is 16.7 Å². The maximum Gasteiger partial charge on any atom is 0.251 e. The van der Waals surface area contributed by atoms with Gasteiger partial charge in [0.2, 0.25) is 5.91 Å². The molecule has 2 aliphatic rings. The van der Waals surface area contributed by atoms with Gasteiger partial charge in [-0.3, -0.25) is 14.5 Å². The van der Waals surface area contributed by atoms with Crippen LogP contribution in [0.3, 0.4) is 0 Å². The molecular weight excluding hydrogens is 362 g/mol. The molecule has 140 valence electrons. The van der Waals surface area contributed by atoms with Gasteiger partial charge in [-0.25, -0.2) is 4.90 Å². The minimum absolute atomic E-state index is 0.112. The molecule has 0 aromatic heterocycles. The number of carbonyl (C=O) groups is 2. The van der Waals surface area contributed by atoms with Gasteiger partial charge in [-0.05, 0) is 36.8 Å². The summed E-state index contributed by atoms with van der Waals surface area (Å²) in [6, 6.07) is 14.7. The maximum atomic E-state index is 12.9. The molecule has 0 radical (unpaired) electrons. The van der Waals surface area contributed by atoms with Crippen LogP contribution in [0.4, 0.5) is 11.4 Å². The predicted molar refractivity (Wildman–Crippen MR) is 107 cm³/mol. The molecule has 2 saturated heterocycles. The first-order valence-electron chi connectivity index (χ1n) is 9.21. The normalized spacial score (nSPS) is 21.2. The number of halogens is 1. The number of para-hydroxylation sites is 1. The summed E-state index contributed by atoms with van der Waals surface area (Å²) in [5.74, 6) is -0.233. The summed E-state index contributed by atoms with van der Waals surface area (Å²) in [6.45, 7) is 5.19. The van der Waals surface area contributed by atoms with Crippen LogP contribution in [-0.2, 0) is 9.59 Å². The van der Waals surface area contributed by atoms with Gasteiger partial charge < -0.3 is 4.90 Å². The van der Waals surface area contributed by atoms with Crippen molar-refractivity contribution in [3.05, 3.63) is 59.1 Å². The number of piperazine rings is 1. The third kappa shape index (κ3) is 3.45. The molecule has 0 aliphatic carbocycles. The zero-order valence-corrected chi connectivity index (χ0v) is 16.0. The van der Waals surface area contributed by atoms with Crippen molar-refractivity contribution in [2.75, 3.05) is 36.0 Å². The van der Waals surface area contributed by atoms with Gasteiger partial charge in [0, 0.05) is 36.9 Å². The molecule has 0 bridgehead atoms. The molecule has 2 aromatic carbocycles. The van der Waals surface area contributed by atoms with E-state index in [9.17, 15) is 9.59 Å². The van der Waals surface area contributed by atoms with Crippen molar-refractivity contribution in [2.24, 2.45) is 0 Å². The molecule has 2 heterocycles. The molecule has 2 aliphatic heterocycles. The highest BCUT2D eigenvalue weighted by Crippen LogP contribution is 2.29. The van der Waals surface area contributed by atoms with Crippen molar-refractivity contribution in [2.45, 2.75) is 19.4 Å². The molecule has 5 nitrogen and oxygen atoms in total. The smallest absolute Gasteiger partial charge is 0.251 e. The average molecular weight is 384 g/mol. The van der Waals surface area contributed by atoms with Gasteiger partial charge >= 0.3 is 0 Å². The van der Waals surface area contributed by atoms with E-state index in [-0.39, 0.29) is 24.3 Å². The van der Waals surface area contributed by atoms with E-state index >= 15 is 0 Å². The lowest BCUT2D eigenvalue weighted by atomic mass is 10.1. The van der Waals surface area contributed by atoms with Gasteiger partial charge in [-0.15, -0.1) is 0 Å². The topological polar surface area (TPSA) is 43.9 Å². The van der Waals surface area contributed by atoms with Gasteiger partial charge in [-0.2, -0.15) is 0 Å². The monoisotopic (exact) mass is 383 g/mol. The molecule has 1 atom stereocenters. The van der Waals surface area contributed by atoms with E-state index < -0.39 is 0 Å². The maximum absolute atomic E-state index is 12.9. The van der Waals surface area contributed by atoms with Gasteiger partial charge in [0.05, 0.1) is 18.2 Å². The second-order valence-electron chi connectivity index (χ2n) is 7.08. The fourth-order valence-corrected chi connectivity index (χ4v) is 4.11. The minimum atomic E-state index is -0.361. The molecule has 27 heavy (non-hydrogen) atoms. The van der Waals surface area contributed by atoms with Crippen LogP contribution in [0.2, 0.25) is 5.02 Å². The first kappa shape index (κ1) is 18.0. The number of anilines is 2. The summed E-state index contributed by atoms with van der Waals surface area (Å²) in [6.07, 6.45) is 0.254. The number of rotatable bonds is 3. The molecule has 6 heteroatoms. The Bertz CT molecular complexity index is 863. The number of aryl methyl sites for hydroxylation is 1. The van der Waals surface area contributed by atoms with Crippen LogP contribution in [-0.4, -0.2) is 48.9 Å². The number of nitrogens with zero attached hydrogens (tertiary/aromatic N) is 3. The molecule has 2 amide bonds. The van der Waals surface area contributed by atoms with E-state index in [0.29, 0.717) is 5.69 Å². The van der Waals surface area contributed by atoms with Crippen LogP contribution in [0.25, 0.3) is 0 Å². The largest absolute Gasteiger partial charge is 0.369 e. The van der Waals surface area contributed by atoms with Crippen molar-refractivity contribution in [1.29, 1.82) is 0 Å². The minimum Gasteiger partial charge on any atom is -0.369 e. The predicted octanol–water partition coefficient (Wildman–Crippen LogP) is 3.10. The Hall–Kier alpha value is -2.37. The lowest BCUT2D eigenvalue weighted by Gasteiger charge is -2.38. The van der Waals surface area contributed by atoms with Crippen molar-refractivity contribution < 1.29 is 9.59 Å².